The van der Waals surface area contributed by atoms with Gasteiger partial charge in [0.15, 0.2) is 0 Å². The molecule has 0 spiro atoms. The minimum absolute atomic E-state index is 0.0920. The average Bonchev–Trinajstić information content (AvgIpc) is 3.30. The van der Waals surface area contributed by atoms with Crippen LogP contribution in [0.2, 0.25) is 0 Å². The van der Waals surface area contributed by atoms with Gasteiger partial charge >= 0.3 is 0 Å². The second kappa shape index (κ2) is 8.64. The third-order valence-electron chi connectivity index (χ3n) is 5.69. The van der Waals surface area contributed by atoms with E-state index >= 15 is 0 Å². The largest absolute Gasteiger partial charge is 0.326 e. The molecule has 1 atom stereocenters. The molecule has 2 aliphatic heterocycles. The van der Waals surface area contributed by atoms with Crippen LogP contribution in [0.15, 0.2) is 59.6 Å². The molecule has 31 heavy (non-hydrogen) atoms. The van der Waals surface area contributed by atoms with Crippen molar-refractivity contribution in [2.75, 3.05) is 18.4 Å². The van der Waals surface area contributed by atoms with Crippen molar-refractivity contribution in [2.45, 2.75) is 37.1 Å². The first-order valence-corrected chi connectivity index (χ1v) is 11.8. The lowest BCUT2D eigenvalue weighted by molar-refractivity contribution is -0.129. The average molecular weight is 440 g/mol. The number of hydrogen-bond donors (Lipinski definition) is 1. The normalized spacial score (nSPS) is 18.6. The van der Waals surface area contributed by atoms with Crippen LogP contribution in [0.4, 0.5) is 5.69 Å². The third-order valence-corrected chi connectivity index (χ3v) is 7.60. The summed E-state index contributed by atoms with van der Waals surface area (Å²) in [6.45, 7) is 2.57. The molecular formula is C23H25N3O4S. The van der Waals surface area contributed by atoms with Gasteiger partial charge in [0.25, 0.3) is 0 Å². The summed E-state index contributed by atoms with van der Waals surface area (Å²) in [5.74, 6) is -0.392. The SMILES string of the molecule is CC(=O)N1C=Cc2ccccc2[C@@H]1CC(=O)Nc1ccc(S(=O)(=O)N2CCCC2)cc1. The smallest absolute Gasteiger partial charge is 0.243 e. The molecule has 7 nitrogen and oxygen atoms in total. The molecule has 4 rings (SSSR count). The Morgan fingerprint density at radius 3 is 2.39 bits per heavy atom. The second-order valence-corrected chi connectivity index (χ2v) is 9.71. The van der Waals surface area contributed by atoms with Crippen LogP contribution in [0.1, 0.15) is 43.4 Å². The summed E-state index contributed by atoms with van der Waals surface area (Å²) >= 11 is 0. The molecule has 0 radical (unpaired) electrons. The molecule has 1 N–H and O–H groups in total. The third kappa shape index (κ3) is 4.40. The number of nitrogens with zero attached hydrogens (tertiary/aromatic N) is 2. The van der Waals surface area contributed by atoms with E-state index in [1.54, 1.807) is 23.2 Å². The first-order chi connectivity index (χ1) is 14.9. The number of carbonyl (C=O) groups excluding carboxylic acids is 2. The Kier molecular flexibility index (Phi) is 5.93. The summed E-state index contributed by atoms with van der Waals surface area (Å²) < 4.78 is 26.8. The molecule has 2 aliphatic rings. The van der Waals surface area contributed by atoms with Crippen molar-refractivity contribution < 1.29 is 18.0 Å². The maximum Gasteiger partial charge on any atom is 0.243 e. The zero-order valence-corrected chi connectivity index (χ0v) is 18.1. The number of sulfonamides is 1. The Hall–Kier alpha value is -2.97. The summed E-state index contributed by atoms with van der Waals surface area (Å²) in [4.78, 5) is 26.6. The minimum atomic E-state index is -3.49. The standard InChI is InChI=1S/C23H25N3O4S/c1-17(27)26-15-12-18-6-2-3-7-21(18)22(26)16-23(28)24-19-8-10-20(11-9-19)31(29,30)25-13-4-5-14-25/h2-3,6-12,15,22H,4-5,13-14,16H2,1H3,(H,24,28)/t22-/m0/s1. The summed E-state index contributed by atoms with van der Waals surface area (Å²) in [7, 11) is -3.49. The first kappa shape index (κ1) is 21.3. The van der Waals surface area contributed by atoms with Crippen molar-refractivity contribution in [3.8, 4) is 0 Å². The molecular weight excluding hydrogens is 414 g/mol. The number of anilines is 1. The number of benzene rings is 2. The Morgan fingerprint density at radius 2 is 1.71 bits per heavy atom. The van der Waals surface area contributed by atoms with E-state index < -0.39 is 16.1 Å². The molecule has 2 aromatic rings. The van der Waals surface area contributed by atoms with E-state index in [0.717, 1.165) is 24.0 Å². The molecule has 0 saturated carbocycles. The molecule has 0 aliphatic carbocycles. The van der Waals surface area contributed by atoms with Crippen LogP contribution in [-0.2, 0) is 19.6 Å². The van der Waals surface area contributed by atoms with E-state index in [2.05, 4.69) is 5.32 Å². The van der Waals surface area contributed by atoms with Gasteiger partial charge in [-0.3, -0.25) is 9.59 Å². The summed E-state index contributed by atoms with van der Waals surface area (Å²) in [6, 6.07) is 13.5. The highest BCUT2D eigenvalue weighted by Gasteiger charge is 2.29. The molecule has 1 saturated heterocycles. The minimum Gasteiger partial charge on any atom is -0.326 e. The number of nitrogens with one attached hydrogen (secondary N) is 1. The number of carbonyl (C=O) groups is 2. The fourth-order valence-corrected chi connectivity index (χ4v) is 5.61. The monoisotopic (exact) mass is 439 g/mol. The number of hydrogen-bond acceptors (Lipinski definition) is 4. The van der Waals surface area contributed by atoms with Crippen LogP contribution in [0.25, 0.3) is 6.08 Å². The maximum atomic E-state index is 12.7. The summed E-state index contributed by atoms with van der Waals surface area (Å²) in [5.41, 5.74) is 2.41. The Morgan fingerprint density at radius 1 is 1.03 bits per heavy atom. The van der Waals surface area contributed by atoms with Gasteiger partial charge in [-0.2, -0.15) is 4.31 Å². The van der Waals surface area contributed by atoms with E-state index in [9.17, 15) is 18.0 Å². The number of amides is 2. The number of rotatable bonds is 5. The van der Waals surface area contributed by atoms with E-state index in [4.69, 9.17) is 0 Å². The van der Waals surface area contributed by atoms with E-state index in [1.807, 2.05) is 30.3 Å². The fraction of sp³-hybridized carbons (Fsp3) is 0.304. The molecule has 0 unspecified atom stereocenters. The molecule has 2 amide bonds. The van der Waals surface area contributed by atoms with Crippen molar-refractivity contribution in [3.63, 3.8) is 0 Å². The summed E-state index contributed by atoms with van der Waals surface area (Å²) in [6.07, 6.45) is 5.42. The van der Waals surface area contributed by atoms with Gasteiger partial charge in [0.2, 0.25) is 21.8 Å². The predicted octanol–water partition coefficient (Wildman–Crippen LogP) is 3.37. The number of fused-ring (bicyclic) bond motifs is 1. The maximum absolute atomic E-state index is 12.7. The molecule has 1 fully saturated rings. The van der Waals surface area contributed by atoms with Crippen LogP contribution in [0.3, 0.4) is 0 Å². The lowest BCUT2D eigenvalue weighted by Gasteiger charge is -2.32. The van der Waals surface area contributed by atoms with Crippen LogP contribution < -0.4 is 5.32 Å². The van der Waals surface area contributed by atoms with Gasteiger partial charge in [0.1, 0.15) is 0 Å². The van der Waals surface area contributed by atoms with E-state index in [-0.39, 0.29) is 23.1 Å². The Bertz CT molecular complexity index is 1120. The predicted molar refractivity (Wildman–Crippen MR) is 118 cm³/mol. The zero-order valence-electron chi connectivity index (χ0n) is 17.3. The molecule has 0 bridgehead atoms. The van der Waals surface area contributed by atoms with Gasteiger partial charge in [0.05, 0.1) is 17.4 Å². The van der Waals surface area contributed by atoms with Crippen molar-refractivity contribution in [2.24, 2.45) is 0 Å². The highest BCUT2D eigenvalue weighted by molar-refractivity contribution is 7.89. The van der Waals surface area contributed by atoms with Crippen molar-refractivity contribution in [3.05, 3.63) is 65.9 Å². The van der Waals surface area contributed by atoms with Gasteiger partial charge < -0.3 is 10.2 Å². The van der Waals surface area contributed by atoms with E-state index in [1.165, 1.54) is 23.4 Å². The first-order valence-electron chi connectivity index (χ1n) is 10.3. The molecule has 0 aromatic heterocycles. The van der Waals surface area contributed by atoms with Crippen molar-refractivity contribution in [1.82, 2.24) is 9.21 Å². The van der Waals surface area contributed by atoms with Crippen LogP contribution in [0, 0.1) is 0 Å². The van der Waals surface area contributed by atoms with Gasteiger partial charge in [-0.1, -0.05) is 24.3 Å². The van der Waals surface area contributed by atoms with E-state index in [0.29, 0.717) is 18.8 Å². The topological polar surface area (TPSA) is 86.8 Å². The quantitative estimate of drug-likeness (QED) is 0.774. The van der Waals surface area contributed by atoms with Gasteiger partial charge in [-0.15, -0.1) is 0 Å². The van der Waals surface area contributed by atoms with Crippen molar-refractivity contribution >= 4 is 33.6 Å². The zero-order chi connectivity index (χ0) is 22.0. The van der Waals surface area contributed by atoms with Gasteiger partial charge in [-0.05, 0) is 54.3 Å². The summed E-state index contributed by atoms with van der Waals surface area (Å²) in [5, 5.41) is 2.82. The fourth-order valence-electron chi connectivity index (χ4n) is 4.09. The van der Waals surface area contributed by atoms with Crippen LogP contribution in [-0.4, -0.2) is 42.5 Å². The van der Waals surface area contributed by atoms with Crippen LogP contribution >= 0.6 is 0 Å². The van der Waals surface area contributed by atoms with Crippen molar-refractivity contribution in [1.29, 1.82) is 0 Å². The van der Waals surface area contributed by atoms with Crippen LogP contribution in [0.5, 0.6) is 0 Å². The van der Waals surface area contributed by atoms with Gasteiger partial charge in [-0.25, -0.2) is 8.42 Å². The highest BCUT2D eigenvalue weighted by Crippen LogP contribution is 2.33. The lowest BCUT2D eigenvalue weighted by atomic mass is 9.93. The Labute approximate surface area is 182 Å². The second-order valence-electron chi connectivity index (χ2n) is 7.77. The molecule has 8 heteroatoms. The van der Waals surface area contributed by atoms with Gasteiger partial charge in [0, 0.05) is 31.9 Å². The molecule has 162 valence electrons. The Balaban J connectivity index is 1.47. The highest BCUT2D eigenvalue weighted by atomic mass is 32.2. The lowest BCUT2D eigenvalue weighted by Crippen LogP contribution is -2.33. The molecule has 2 aromatic carbocycles. The molecule has 2 heterocycles.